The molecule has 5 rings (SSSR count). The van der Waals surface area contributed by atoms with Crippen LogP contribution in [0.4, 0.5) is 5.82 Å². The van der Waals surface area contributed by atoms with Crippen LogP contribution in [0, 0.1) is 0 Å². The summed E-state index contributed by atoms with van der Waals surface area (Å²) < 4.78 is 47.2. The molecule has 10 nitrogen and oxygen atoms in total. The zero-order valence-electron chi connectivity index (χ0n) is 19.1. The van der Waals surface area contributed by atoms with Crippen molar-refractivity contribution in [3.63, 3.8) is 0 Å². The molecule has 34 heavy (non-hydrogen) atoms. The van der Waals surface area contributed by atoms with Crippen molar-refractivity contribution in [2.45, 2.75) is 37.9 Å². The number of ether oxygens (including phenoxy) is 2. The van der Waals surface area contributed by atoms with E-state index >= 15 is 0 Å². The van der Waals surface area contributed by atoms with Gasteiger partial charge in [-0.3, -0.25) is 9.40 Å². The largest absolute Gasteiger partial charge is 0.496 e. The Labute approximate surface area is 196 Å². The van der Waals surface area contributed by atoms with Crippen LogP contribution in [-0.4, -0.2) is 37.6 Å². The fraction of sp³-hybridized carbons (Fsp3) is 0.304. The molecule has 2 aromatic heterocycles. The van der Waals surface area contributed by atoms with Gasteiger partial charge in [-0.25, -0.2) is 8.42 Å². The number of nitrogens with zero attached hydrogens (tertiary/aromatic N) is 3. The smallest absolute Gasteiger partial charge is 0.266 e. The van der Waals surface area contributed by atoms with E-state index < -0.39 is 10.0 Å². The normalized spacial score (nSPS) is 13.3. The van der Waals surface area contributed by atoms with Gasteiger partial charge in [0.2, 0.25) is 0 Å². The van der Waals surface area contributed by atoms with Crippen LogP contribution in [0.15, 0.2) is 45.9 Å². The summed E-state index contributed by atoms with van der Waals surface area (Å²) in [6.45, 7) is 4.05. The minimum Gasteiger partial charge on any atom is -0.496 e. The standard InChI is InChI=1S/C23H25N5O5S/c1-4-14-5-6-18(31-2)21(9-14)34(29,30)27-23-22-19(32-3)7-15(8-20(22)33-26-23)12-28-13-16-10-24-11-17(16)25-28/h5-9,13,24H,4,10-12H2,1-3H3,(H,26,27). The molecule has 0 atom stereocenters. The van der Waals surface area contributed by atoms with E-state index in [1.165, 1.54) is 19.8 Å². The van der Waals surface area contributed by atoms with Crippen molar-refractivity contribution in [1.82, 2.24) is 20.3 Å². The molecule has 3 heterocycles. The summed E-state index contributed by atoms with van der Waals surface area (Å²) in [5.41, 5.74) is 4.40. The zero-order valence-corrected chi connectivity index (χ0v) is 19.9. The number of anilines is 1. The lowest BCUT2D eigenvalue weighted by Crippen LogP contribution is -2.15. The Bertz CT molecular complexity index is 1450. The van der Waals surface area contributed by atoms with Gasteiger partial charge in [-0.15, -0.1) is 0 Å². The number of aryl methyl sites for hydroxylation is 1. The van der Waals surface area contributed by atoms with Crippen LogP contribution in [0.5, 0.6) is 11.5 Å². The third-order valence-corrected chi connectivity index (χ3v) is 7.21. The Morgan fingerprint density at radius 2 is 1.94 bits per heavy atom. The highest BCUT2D eigenvalue weighted by atomic mass is 32.2. The summed E-state index contributed by atoms with van der Waals surface area (Å²) >= 11 is 0. The van der Waals surface area contributed by atoms with Crippen LogP contribution in [0.3, 0.4) is 0 Å². The summed E-state index contributed by atoms with van der Waals surface area (Å²) in [4.78, 5) is 0.0299. The number of hydrogen-bond acceptors (Lipinski definition) is 8. The van der Waals surface area contributed by atoms with Crippen molar-refractivity contribution in [3.8, 4) is 11.5 Å². The van der Waals surface area contributed by atoms with E-state index in [4.69, 9.17) is 14.0 Å². The minimum atomic E-state index is -4.01. The minimum absolute atomic E-state index is 0.0299. The van der Waals surface area contributed by atoms with Crippen molar-refractivity contribution < 1.29 is 22.4 Å². The van der Waals surface area contributed by atoms with Crippen LogP contribution in [0.2, 0.25) is 0 Å². The Morgan fingerprint density at radius 1 is 1.12 bits per heavy atom. The first-order chi connectivity index (χ1) is 16.4. The molecule has 0 spiro atoms. The van der Waals surface area contributed by atoms with Crippen molar-refractivity contribution in [1.29, 1.82) is 0 Å². The van der Waals surface area contributed by atoms with Crippen molar-refractivity contribution in [2.75, 3.05) is 18.9 Å². The van der Waals surface area contributed by atoms with Crippen molar-refractivity contribution in [2.24, 2.45) is 0 Å². The lowest BCUT2D eigenvalue weighted by molar-refractivity contribution is 0.402. The number of hydrogen-bond donors (Lipinski definition) is 2. The Balaban J connectivity index is 1.49. The highest BCUT2D eigenvalue weighted by Crippen LogP contribution is 2.36. The molecule has 11 heteroatoms. The summed E-state index contributed by atoms with van der Waals surface area (Å²) in [6, 6.07) is 8.71. The van der Waals surface area contributed by atoms with E-state index in [1.54, 1.807) is 12.1 Å². The number of aromatic nitrogens is 3. The summed E-state index contributed by atoms with van der Waals surface area (Å²) in [6.07, 6.45) is 2.70. The van der Waals surface area contributed by atoms with Gasteiger partial charge in [-0.1, -0.05) is 18.1 Å². The van der Waals surface area contributed by atoms with Gasteiger partial charge in [0.25, 0.3) is 10.0 Å². The van der Waals surface area contributed by atoms with Gasteiger partial charge in [0.05, 0.1) is 26.5 Å². The number of benzene rings is 2. The van der Waals surface area contributed by atoms with Crippen LogP contribution >= 0.6 is 0 Å². The van der Waals surface area contributed by atoms with Crippen LogP contribution < -0.4 is 19.5 Å². The quantitative estimate of drug-likeness (QED) is 0.392. The zero-order chi connectivity index (χ0) is 23.9. The van der Waals surface area contributed by atoms with Gasteiger partial charge in [0.15, 0.2) is 11.4 Å². The SMILES string of the molecule is CCc1ccc(OC)c(S(=O)(=O)Nc2noc3cc(Cn4cc5c(n4)CNC5)cc(OC)c23)c1. The molecule has 1 aliphatic heterocycles. The molecule has 1 aliphatic rings. The van der Waals surface area contributed by atoms with Gasteiger partial charge in [-0.05, 0) is 41.8 Å². The van der Waals surface area contributed by atoms with Crippen LogP contribution in [0.25, 0.3) is 11.0 Å². The predicted octanol–water partition coefficient (Wildman–Crippen LogP) is 3.06. The lowest BCUT2D eigenvalue weighted by Gasteiger charge is -2.12. The number of sulfonamides is 1. The van der Waals surface area contributed by atoms with Crippen molar-refractivity contribution in [3.05, 3.63) is 58.9 Å². The molecular weight excluding hydrogens is 458 g/mol. The molecule has 0 saturated carbocycles. The molecular formula is C23H25N5O5S. The average molecular weight is 484 g/mol. The molecule has 0 fully saturated rings. The molecule has 178 valence electrons. The molecule has 4 aromatic rings. The molecule has 0 saturated heterocycles. The first-order valence-corrected chi connectivity index (χ1v) is 12.3. The predicted molar refractivity (Wildman–Crippen MR) is 126 cm³/mol. The van der Waals surface area contributed by atoms with E-state index in [1.807, 2.05) is 36.0 Å². The number of methoxy groups -OCH3 is 2. The third-order valence-electron chi connectivity index (χ3n) is 5.85. The van der Waals surface area contributed by atoms with E-state index in [0.29, 0.717) is 29.7 Å². The second-order valence-electron chi connectivity index (χ2n) is 8.05. The second-order valence-corrected chi connectivity index (χ2v) is 9.70. The van der Waals surface area contributed by atoms with E-state index in [2.05, 4.69) is 20.3 Å². The summed E-state index contributed by atoms with van der Waals surface area (Å²) in [5.74, 6) is 0.738. The molecule has 2 aromatic carbocycles. The molecule has 0 radical (unpaired) electrons. The number of fused-ring (bicyclic) bond motifs is 2. The Hall–Kier alpha value is -3.57. The lowest BCUT2D eigenvalue weighted by atomic mass is 10.1. The maximum absolute atomic E-state index is 13.2. The number of nitrogens with one attached hydrogen (secondary N) is 2. The summed E-state index contributed by atoms with van der Waals surface area (Å²) in [5, 5.41) is 12.3. The maximum Gasteiger partial charge on any atom is 0.266 e. The van der Waals surface area contributed by atoms with Gasteiger partial charge in [0, 0.05) is 24.8 Å². The highest BCUT2D eigenvalue weighted by molar-refractivity contribution is 7.92. The van der Waals surface area contributed by atoms with Gasteiger partial charge in [-0.2, -0.15) is 5.10 Å². The van der Waals surface area contributed by atoms with E-state index in [9.17, 15) is 8.42 Å². The maximum atomic E-state index is 13.2. The first-order valence-electron chi connectivity index (χ1n) is 10.8. The fourth-order valence-corrected chi connectivity index (χ4v) is 5.35. The molecule has 0 bridgehead atoms. The average Bonchev–Trinajstić information content (AvgIpc) is 3.53. The van der Waals surface area contributed by atoms with E-state index in [0.717, 1.165) is 29.9 Å². The number of rotatable bonds is 8. The van der Waals surface area contributed by atoms with E-state index in [-0.39, 0.29) is 16.5 Å². The molecule has 0 aliphatic carbocycles. The Morgan fingerprint density at radius 3 is 2.68 bits per heavy atom. The monoisotopic (exact) mass is 483 g/mol. The highest BCUT2D eigenvalue weighted by Gasteiger charge is 2.25. The van der Waals surface area contributed by atoms with Gasteiger partial charge in [0.1, 0.15) is 21.8 Å². The summed E-state index contributed by atoms with van der Waals surface area (Å²) in [7, 11) is -1.05. The topological polar surface area (TPSA) is 121 Å². The third kappa shape index (κ3) is 3.97. The van der Waals surface area contributed by atoms with Gasteiger partial charge < -0.3 is 19.3 Å². The molecule has 2 N–H and O–H groups in total. The van der Waals surface area contributed by atoms with Crippen LogP contribution in [0.1, 0.15) is 29.3 Å². The second kappa shape index (κ2) is 8.65. The fourth-order valence-electron chi connectivity index (χ4n) is 4.13. The molecule has 0 amide bonds. The van der Waals surface area contributed by atoms with Gasteiger partial charge >= 0.3 is 0 Å². The molecule has 0 unspecified atom stereocenters. The van der Waals surface area contributed by atoms with Crippen molar-refractivity contribution >= 4 is 26.8 Å². The Kier molecular flexibility index (Phi) is 5.66. The first kappa shape index (κ1) is 22.2. The van der Waals surface area contributed by atoms with Crippen LogP contribution in [-0.2, 0) is 36.1 Å².